The quantitative estimate of drug-likeness (QED) is 0.692. The Kier molecular flexibility index (Phi) is 5.60. The number of benzene rings is 2. The van der Waals surface area contributed by atoms with E-state index in [1.165, 1.54) is 18.2 Å². The van der Waals surface area contributed by atoms with Crippen LogP contribution in [0.1, 0.15) is 11.1 Å². The van der Waals surface area contributed by atoms with Gasteiger partial charge in [-0.15, -0.1) is 0 Å². The highest BCUT2D eigenvalue weighted by atomic mass is 35.5. The molecule has 4 rings (SSSR count). The first-order valence-corrected chi connectivity index (χ1v) is 9.98. The number of hydrogen-bond acceptors (Lipinski definition) is 7. The van der Waals surface area contributed by atoms with Crippen LogP contribution in [0, 0.1) is 6.92 Å². The number of carbonyl (C=O) groups is 3. The second kappa shape index (κ2) is 8.35. The maximum absolute atomic E-state index is 13.0. The number of nitrogens with one attached hydrogen (secondary N) is 1. The van der Waals surface area contributed by atoms with Gasteiger partial charge in [0.15, 0.2) is 12.1 Å². The molecule has 2 heterocycles. The lowest BCUT2D eigenvalue weighted by Gasteiger charge is -2.20. The topological polar surface area (TPSA) is 104 Å². The van der Waals surface area contributed by atoms with Crippen molar-refractivity contribution >= 4 is 35.0 Å². The van der Waals surface area contributed by atoms with Crippen LogP contribution in [-0.2, 0) is 20.9 Å². The number of imide groups is 1. The van der Waals surface area contributed by atoms with Gasteiger partial charge < -0.3 is 10.1 Å². The van der Waals surface area contributed by atoms with Crippen LogP contribution in [0.5, 0.6) is 5.75 Å². The number of ether oxygens (including phenoxy) is 1. The Hall–Kier alpha value is -3.46. The number of fused-ring (bicyclic) bond motifs is 1. The molecule has 0 aromatic heterocycles. The average Bonchev–Trinajstić information content (AvgIpc) is 3.27. The Balaban J connectivity index is 1.43. The van der Waals surface area contributed by atoms with Gasteiger partial charge in [0.1, 0.15) is 12.3 Å². The Morgan fingerprint density at radius 3 is 2.58 bits per heavy atom. The molecule has 0 saturated carbocycles. The molecule has 3 amide bonds. The summed E-state index contributed by atoms with van der Waals surface area (Å²) in [6.45, 7) is 2.15. The predicted octanol–water partition coefficient (Wildman–Crippen LogP) is 2.27. The molecule has 31 heavy (non-hydrogen) atoms. The lowest BCUT2D eigenvalue weighted by molar-refractivity contribution is -0.125. The summed E-state index contributed by atoms with van der Waals surface area (Å²) in [6.07, 6.45) is 0. The zero-order valence-electron chi connectivity index (χ0n) is 16.9. The first-order chi connectivity index (χ1) is 14.9. The molecule has 2 aromatic carbocycles. The predicted molar refractivity (Wildman–Crippen MR) is 113 cm³/mol. The van der Waals surface area contributed by atoms with E-state index in [1.54, 1.807) is 12.1 Å². The van der Waals surface area contributed by atoms with Gasteiger partial charge in [-0.25, -0.2) is 4.90 Å². The second-order valence-electron chi connectivity index (χ2n) is 7.29. The van der Waals surface area contributed by atoms with E-state index >= 15 is 0 Å². The SMILES string of the molecule is COc1ccc(N2C(=O)[C@H]3N=NN(CC(=O)NCc4ccc(C)cc4)[C@H]3C2=O)cc1Cl. The molecular formula is C21H20ClN5O4. The van der Waals surface area contributed by atoms with Gasteiger partial charge in [0.05, 0.1) is 17.8 Å². The molecule has 0 spiro atoms. The summed E-state index contributed by atoms with van der Waals surface area (Å²) in [5.74, 6) is -0.919. The lowest BCUT2D eigenvalue weighted by Crippen LogP contribution is -2.44. The maximum atomic E-state index is 13.0. The summed E-state index contributed by atoms with van der Waals surface area (Å²) < 4.78 is 5.11. The fourth-order valence-corrected chi connectivity index (χ4v) is 3.76. The highest BCUT2D eigenvalue weighted by molar-refractivity contribution is 6.33. The zero-order chi connectivity index (χ0) is 22.1. The van der Waals surface area contributed by atoms with Gasteiger partial charge in [0.2, 0.25) is 5.91 Å². The fourth-order valence-electron chi connectivity index (χ4n) is 3.51. The number of hydrogen-bond donors (Lipinski definition) is 1. The maximum Gasteiger partial charge on any atom is 0.263 e. The van der Waals surface area contributed by atoms with Crippen molar-refractivity contribution in [3.8, 4) is 5.75 Å². The van der Waals surface area contributed by atoms with Crippen molar-refractivity contribution in [3.63, 3.8) is 0 Å². The lowest BCUT2D eigenvalue weighted by atomic mass is 10.1. The minimum atomic E-state index is -0.988. The summed E-state index contributed by atoms with van der Waals surface area (Å²) in [4.78, 5) is 39.2. The van der Waals surface area contributed by atoms with Crippen molar-refractivity contribution in [3.05, 3.63) is 58.6 Å². The third-order valence-electron chi connectivity index (χ3n) is 5.17. The molecule has 2 aliphatic rings. The van der Waals surface area contributed by atoms with Crippen LogP contribution in [0.15, 0.2) is 52.8 Å². The molecule has 0 aliphatic carbocycles. The van der Waals surface area contributed by atoms with Crippen molar-refractivity contribution in [2.45, 2.75) is 25.6 Å². The minimum Gasteiger partial charge on any atom is -0.495 e. The Morgan fingerprint density at radius 2 is 1.90 bits per heavy atom. The average molecular weight is 442 g/mol. The van der Waals surface area contributed by atoms with Crippen LogP contribution < -0.4 is 15.0 Å². The van der Waals surface area contributed by atoms with Crippen molar-refractivity contribution in [1.82, 2.24) is 10.3 Å². The van der Waals surface area contributed by atoms with Gasteiger partial charge in [0.25, 0.3) is 11.8 Å². The molecule has 10 heteroatoms. The number of anilines is 1. The highest BCUT2D eigenvalue weighted by Gasteiger charge is 2.55. The Morgan fingerprint density at radius 1 is 1.16 bits per heavy atom. The van der Waals surface area contributed by atoms with Gasteiger partial charge in [-0.3, -0.25) is 19.4 Å². The van der Waals surface area contributed by atoms with E-state index in [9.17, 15) is 14.4 Å². The summed E-state index contributed by atoms with van der Waals surface area (Å²) in [5, 5.41) is 12.1. The van der Waals surface area contributed by atoms with E-state index in [2.05, 4.69) is 15.7 Å². The molecular weight excluding hydrogens is 422 g/mol. The first-order valence-electron chi connectivity index (χ1n) is 9.60. The van der Waals surface area contributed by atoms with Crippen molar-refractivity contribution in [1.29, 1.82) is 0 Å². The van der Waals surface area contributed by atoms with E-state index in [1.807, 2.05) is 31.2 Å². The first kappa shape index (κ1) is 20.8. The third-order valence-corrected chi connectivity index (χ3v) is 5.46. The summed E-state index contributed by atoms with van der Waals surface area (Å²) in [5.41, 5.74) is 2.40. The molecule has 2 aromatic rings. The molecule has 9 nitrogen and oxygen atoms in total. The van der Waals surface area contributed by atoms with Crippen LogP contribution in [0.2, 0.25) is 5.02 Å². The van der Waals surface area contributed by atoms with Crippen molar-refractivity contribution in [2.24, 2.45) is 10.3 Å². The number of nitrogens with zero attached hydrogens (tertiary/aromatic N) is 4. The van der Waals surface area contributed by atoms with Gasteiger partial charge >= 0.3 is 0 Å². The van der Waals surface area contributed by atoms with Crippen LogP contribution in [0.4, 0.5) is 5.69 Å². The van der Waals surface area contributed by atoms with E-state index in [0.29, 0.717) is 18.0 Å². The molecule has 160 valence electrons. The normalized spacial score (nSPS) is 19.7. The van der Waals surface area contributed by atoms with Crippen molar-refractivity contribution in [2.75, 3.05) is 18.6 Å². The van der Waals surface area contributed by atoms with E-state index in [0.717, 1.165) is 16.0 Å². The molecule has 0 unspecified atom stereocenters. The zero-order valence-corrected chi connectivity index (χ0v) is 17.7. The van der Waals surface area contributed by atoms with Crippen LogP contribution in [-0.4, -0.2) is 48.5 Å². The van der Waals surface area contributed by atoms with Gasteiger partial charge in [-0.2, -0.15) is 5.11 Å². The van der Waals surface area contributed by atoms with Crippen LogP contribution in [0.25, 0.3) is 0 Å². The summed E-state index contributed by atoms with van der Waals surface area (Å²) >= 11 is 6.14. The molecule has 1 fully saturated rings. The highest BCUT2D eigenvalue weighted by Crippen LogP contribution is 2.35. The van der Waals surface area contributed by atoms with Crippen LogP contribution in [0.3, 0.4) is 0 Å². The van der Waals surface area contributed by atoms with Crippen LogP contribution >= 0.6 is 11.6 Å². The van der Waals surface area contributed by atoms with E-state index in [4.69, 9.17) is 16.3 Å². The molecule has 0 radical (unpaired) electrons. The molecule has 0 bridgehead atoms. The third kappa shape index (κ3) is 3.96. The summed E-state index contributed by atoms with van der Waals surface area (Å²) in [7, 11) is 1.47. The molecule has 1 N–H and O–H groups in total. The Bertz CT molecular complexity index is 1070. The molecule has 2 atom stereocenters. The smallest absolute Gasteiger partial charge is 0.263 e. The fraction of sp³-hybridized carbons (Fsp3) is 0.286. The number of aryl methyl sites for hydroxylation is 1. The van der Waals surface area contributed by atoms with Gasteiger partial charge in [-0.05, 0) is 30.7 Å². The van der Waals surface area contributed by atoms with Gasteiger partial charge in [-0.1, -0.05) is 46.7 Å². The minimum absolute atomic E-state index is 0.188. The number of methoxy groups -OCH3 is 1. The molecule has 2 aliphatic heterocycles. The number of amides is 3. The number of carbonyl (C=O) groups excluding carboxylic acids is 3. The van der Waals surface area contributed by atoms with E-state index in [-0.39, 0.29) is 17.5 Å². The summed E-state index contributed by atoms with van der Waals surface area (Å²) in [6, 6.07) is 10.5. The Labute approximate surface area is 183 Å². The van der Waals surface area contributed by atoms with Gasteiger partial charge in [0, 0.05) is 6.54 Å². The van der Waals surface area contributed by atoms with E-state index < -0.39 is 23.9 Å². The largest absolute Gasteiger partial charge is 0.495 e. The second-order valence-corrected chi connectivity index (χ2v) is 7.69. The standard InChI is InChI=1S/C21H20ClN5O4/c1-12-3-5-13(6-4-12)10-23-17(28)11-26-19-18(24-25-26)20(29)27(21(19)30)14-7-8-16(31-2)15(22)9-14/h3-9,18-19H,10-11H2,1-2H3,(H,23,28)/t18-,19+/m0/s1. The number of rotatable bonds is 6. The monoisotopic (exact) mass is 441 g/mol. The van der Waals surface area contributed by atoms with Crippen molar-refractivity contribution < 1.29 is 19.1 Å². The molecule has 1 saturated heterocycles. The number of halogens is 1.